The molecule has 76 valence electrons. The molecule has 0 fully saturated rings. The number of nitriles is 1. The molecule has 1 aliphatic heterocycles. The van der Waals surface area contributed by atoms with Gasteiger partial charge in [-0.15, -0.1) is 0 Å². The van der Waals surface area contributed by atoms with E-state index in [9.17, 15) is 0 Å². The summed E-state index contributed by atoms with van der Waals surface area (Å²) in [4.78, 5) is 1.80. The summed E-state index contributed by atoms with van der Waals surface area (Å²) in [6.45, 7) is 9.94. The average molecular weight is 191 g/mol. The second-order valence-electron chi connectivity index (χ2n) is 5.22. The van der Waals surface area contributed by atoms with Crippen LogP contribution >= 0.6 is 0 Å². The highest BCUT2D eigenvalue weighted by atomic mass is 15.3. The summed E-state index contributed by atoms with van der Waals surface area (Å²) in [6, 6.07) is 2.15. The first-order chi connectivity index (χ1) is 6.20. The molecule has 0 unspecified atom stereocenters. The van der Waals surface area contributed by atoms with Crippen molar-refractivity contribution in [2.24, 2.45) is 5.41 Å². The van der Waals surface area contributed by atoms with E-state index < -0.39 is 0 Å². The van der Waals surface area contributed by atoms with Gasteiger partial charge in [-0.25, -0.2) is 0 Å². The van der Waals surface area contributed by atoms with Crippen molar-refractivity contribution in [1.29, 1.82) is 10.7 Å². The lowest BCUT2D eigenvalue weighted by Gasteiger charge is -2.35. The van der Waals surface area contributed by atoms with Gasteiger partial charge in [0.05, 0.1) is 0 Å². The van der Waals surface area contributed by atoms with Crippen LogP contribution in [0.5, 0.6) is 0 Å². The molecule has 0 aromatic carbocycles. The second kappa shape index (κ2) is 2.84. The quantitative estimate of drug-likeness (QED) is 0.639. The Kier molecular flexibility index (Phi) is 2.19. The van der Waals surface area contributed by atoms with Crippen molar-refractivity contribution in [3.63, 3.8) is 0 Å². The van der Waals surface area contributed by atoms with Gasteiger partial charge >= 0.3 is 0 Å². The van der Waals surface area contributed by atoms with Gasteiger partial charge in [0.25, 0.3) is 0 Å². The van der Waals surface area contributed by atoms with E-state index in [1.54, 1.807) is 4.90 Å². The number of allylic oxidation sites excluding steroid dienone is 1. The molecular weight excluding hydrogens is 174 g/mol. The van der Waals surface area contributed by atoms with Crippen LogP contribution in [-0.4, -0.2) is 16.3 Å². The Hall–Kier alpha value is -1.30. The van der Waals surface area contributed by atoms with Crippen LogP contribution in [0.3, 0.4) is 0 Å². The largest absolute Gasteiger partial charge is 0.316 e. The lowest BCUT2D eigenvalue weighted by Crippen LogP contribution is -2.44. The van der Waals surface area contributed by atoms with E-state index in [0.717, 1.165) is 0 Å². The molecule has 0 radical (unpaired) electrons. The Bertz CT molecular complexity index is 337. The highest BCUT2D eigenvalue weighted by Crippen LogP contribution is 2.36. The fraction of sp³-hybridized carbons (Fsp3) is 0.636. The molecule has 0 aromatic rings. The third-order valence-corrected chi connectivity index (χ3v) is 2.36. The van der Waals surface area contributed by atoms with Crippen molar-refractivity contribution in [2.45, 2.75) is 40.2 Å². The Labute approximate surface area is 85.5 Å². The van der Waals surface area contributed by atoms with Crippen molar-refractivity contribution >= 4 is 5.84 Å². The van der Waals surface area contributed by atoms with Crippen LogP contribution in [-0.2, 0) is 0 Å². The average Bonchev–Trinajstić information content (AvgIpc) is 2.21. The standard InChI is InChI=1S/C11H17N3/c1-10(2,3)14-8(7-12)6-11(4,5)9(14)13/h6,13H,1-5H3. The molecule has 0 spiro atoms. The van der Waals surface area contributed by atoms with Gasteiger partial charge in [-0.2, -0.15) is 5.26 Å². The first-order valence-electron chi connectivity index (χ1n) is 4.72. The Morgan fingerprint density at radius 3 is 2.21 bits per heavy atom. The molecule has 1 N–H and O–H groups in total. The van der Waals surface area contributed by atoms with Crippen molar-refractivity contribution in [3.05, 3.63) is 11.8 Å². The number of nitrogens with zero attached hydrogens (tertiary/aromatic N) is 2. The van der Waals surface area contributed by atoms with Gasteiger partial charge in [0.2, 0.25) is 0 Å². The predicted octanol–water partition coefficient (Wildman–Crippen LogP) is 2.51. The number of hydrogen-bond donors (Lipinski definition) is 1. The van der Waals surface area contributed by atoms with E-state index in [4.69, 9.17) is 10.7 Å². The van der Waals surface area contributed by atoms with Gasteiger partial charge in [-0.3, -0.25) is 5.41 Å². The van der Waals surface area contributed by atoms with Gasteiger partial charge in [-0.05, 0) is 40.7 Å². The third kappa shape index (κ3) is 1.52. The van der Waals surface area contributed by atoms with Crippen LogP contribution in [0, 0.1) is 22.2 Å². The maximum Gasteiger partial charge on any atom is 0.118 e. The number of nitrogens with one attached hydrogen (secondary N) is 1. The first-order valence-corrected chi connectivity index (χ1v) is 4.72. The molecule has 3 nitrogen and oxygen atoms in total. The number of amidine groups is 1. The molecule has 0 atom stereocenters. The zero-order valence-electron chi connectivity index (χ0n) is 9.47. The highest BCUT2D eigenvalue weighted by molar-refractivity contribution is 5.92. The van der Waals surface area contributed by atoms with Crippen molar-refractivity contribution < 1.29 is 0 Å². The van der Waals surface area contributed by atoms with E-state index in [-0.39, 0.29) is 11.0 Å². The summed E-state index contributed by atoms with van der Waals surface area (Å²) in [6.07, 6.45) is 1.86. The minimum absolute atomic E-state index is 0.202. The Morgan fingerprint density at radius 2 is 1.93 bits per heavy atom. The molecule has 1 rings (SSSR count). The molecule has 0 saturated carbocycles. The first kappa shape index (κ1) is 10.8. The van der Waals surface area contributed by atoms with Gasteiger partial charge in [0.1, 0.15) is 17.6 Å². The highest BCUT2D eigenvalue weighted by Gasteiger charge is 2.40. The monoisotopic (exact) mass is 191 g/mol. The summed E-state index contributed by atoms with van der Waals surface area (Å²) in [5, 5.41) is 17.0. The molecule has 0 saturated heterocycles. The predicted molar refractivity (Wildman–Crippen MR) is 56.8 cm³/mol. The Morgan fingerprint density at radius 1 is 1.43 bits per heavy atom. The van der Waals surface area contributed by atoms with Gasteiger partial charge in [-0.1, -0.05) is 0 Å². The summed E-state index contributed by atoms with van der Waals surface area (Å²) >= 11 is 0. The zero-order valence-corrected chi connectivity index (χ0v) is 9.47. The lowest BCUT2D eigenvalue weighted by atomic mass is 9.93. The number of hydrogen-bond acceptors (Lipinski definition) is 2. The van der Waals surface area contributed by atoms with E-state index in [0.29, 0.717) is 11.5 Å². The third-order valence-electron chi connectivity index (χ3n) is 2.36. The molecule has 0 bridgehead atoms. The SMILES string of the molecule is CC1(C)C=C(C#N)N(C(C)(C)C)C1=N. The summed E-state index contributed by atoms with van der Waals surface area (Å²) in [7, 11) is 0. The van der Waals surface area contributed by atoms with Gasteiger partial charge in [0, 0.05) is 11.0 Å². The topological polar surface area (TPSA) is 50.9 Å². The number of rotatable bonds is 0. The molecule has 1 aliphatic rings. The summed E-state index contributed by atoms with van der Waals surface area (Å²) < 4.78 is 0. The van der Waals surface area contributed by atoms with E-state index in [1.165, 1.54) is 0 Å². The maximum atomic E-state index is 8.99. The summed E-state index contributed by atoms with van der Waals surface area (Å²) in [5.74, 6) is 0.501. The van der Waals surface area contributed by atoms with Crippen LogP contribution in [0.15, 0.2) is 11.8 Å². The molecule has 14 heavy (non-hydrogen) atoms. The normalized spacial score (nSPS) is 20.7. The molecular formula is C11H17N3. The molecule has 3 heteroatoms. The Balaban J connectivity index is 3.19. The van der Waals surface area contributed by atoms with Crippen LogP contribution in [0.25, 0.3) is 0 Å². The fourth-order valence-corrected chi connectivity index (χ4v) is 1.66. The summed E-state index contributed by atoms with van der Waals surface area (Å²) in [5.41, 5.74) is 0.0672. The molecule has 0 amide bonds. The van der Waals surface area contributed by atoms with E-state index in [1.807, 2.05) is 40.7 Å². The minimum atomic E-state index is -0.321. The smallest absolute Gasteiger partial charge is 0.118 e. The zero-order chi connectivity index (χ0) is 11.1. The lowest BCUT2D eigenvalue weighted by molar-refractivity contribution is 0.294. The van der Waals surface area contributed by atoms with Crippen LogP contribution in [0.4, 0.5) is 0 Å². The molecule has 0 aliphatic carbocycles. The van der Waals surface area contributed by atoms with Crippen molar-refractivity contribution in [1.82, 2.24) is 4.90 Å². The molecule has 1 heterocycles. The van der Waals surface area contributed by atoms with Crippen molar-refractivity contribution in [3.8, 4) is 6.07 Å². The van der Waals surface area contributed by atoms with Gasteiger partial charge < -0.3 is 4.90 Å². The van der Waals surface area contributed by atoms with Crippen LogP contribution in [0.2, 0.25) is 0 Å². The fourth-order valence-electron chi connectivity index (χ4n) is 1.66. The second-order valence-corrected chi connectivity index (χ2v) is 5.22. The van der Waals surface area contributed by atoms with E-state index in [2.05, 4.69) is 6.07 Å². The molecule has 0 aromatic heterocycles. The maximum absolute atomic E-state index is 8.99. The van der Waals surface area contributed by atoms with Crippen LogP contribution in [0.1, 0.15) is 34.6 Å². The minimum Gasteiger partial charge on any atom is -0.316 e. The van der Waals surface area contributed by atoms with E-state index >= 15 is 0 Å². The van der Waals surface area contributed by atoms with Gasteiger partial charge in [0.15, 0.2) is 0 Å². The van der Waals surface area contributed by atoms with Crippen LogP contribution < -0.4 is 0 Å². The van der Waals surface area contributed by atoms with Crippen molar-refractivity contribution in [2.75, 3.05) is 0 Å².